The van der Waals surface area contributed by atoms with Crippen LogP contribution in [0.3, 0.4) is 0 Å². The molecule has 2 aromatic carbocycles. The van der Waals surface area contributed by atoms with E-state index >= 15 is 0 Å². The van der Waals surface area contributed by atoms with Crippen LogP contribution in [0, 0.1) is 19.8 Å². The second kappa shape index (κ2) is 9.71. The molecule has 0 fully saturated rings. The second-order valence-electron chi connectivity index (χ2n) is 6.84. The fraction of sp³-hybridized carbons (Fsp3) is 0.429. The molecule has 1 atom stereocenters. The Bertz CT molecular complexity index is 602. The summed E-state index contributed by atoms with van der Waals surface area (Å²) in [5, 5.41) is 0. The molecule has 0 saturated carbocycles. The van der Waals surface area contributed by atoms with Crippen LogP contribution in [-0.2, 0) is 6.61 Å². The molecule has 0 bridgehead atoms. The van der Waals surface area contributed by atoms with Gasteiger partial charge in [0.05, 0.1) is 0 Å². The van der Waals surface area contributed by atoms with E-state index < -0.39 is 0 Å². The minimum absolute atomic E-state index is 0. The van der Waals surface area contributed by atoms with Crippen molar-refractivity contribution in [2.45, 2.75) is 53.2 Å². The predicted octanol–water partition coefficient (Wildman–Crippen LogP) is 5.74. The first kappa shape index (κ1) is 20.5. The third-order valence-electron chi connectivity index (χ3n) is 4.19. The second-order valence-corrected chi connectivity index (χ2v) is 6.84. The maximum atomic E-state index is 6.36. The number of rotatable bonds is 7. The first-order valence-electron chi connectivity index (χ1n) is 8.50. The smallest absolute Gasteiger partial charge is 0.125 e. The third-order valence-corrected chi connectivity index (χ3v) is 4.19. The summed E-state index contributed by atoms with van der Waals surface area (Å²) in [6, 6.07) is 14.7. The molecule has 2 N–H and O–H groups in total. The van der Waals surface area contributed by atoms with Crippen LogP contribution in [0.25, 0.3) is 0 Å². The van der Waals surface area contributed by atoms with Gasteiger partial charge in [-0.15, -0.1) is 12.4 Å². The van der Waals surface area contributed by atoms with Crippen molar-refractivity contribution >= 4 is 12.4 Å². The van der Waals surface area contributed by atoms with E-state index in [9.17, 15) is 0 Å². The quantitative estimate of drug-likeness (QED) is 0.693. The minimum atomic E-state index is 0. The summed E-state index contributed by atoms with van der Waals surface area (Å²) in [6.07, 6.45) is 2.19. The summed E-state index contributed by atoms with van der Waals surface area (Å²) in [5.41, 5.74) is 11.1. The zero-order valence-corrected chi connectivity index (χ0v) is 16.0. The van der Waals surface area contributed by atoms with Crippen LogP contribution in [0.1, 0.15) is 55.0 Å². The van der Waals surface area contributed by atoms with E-state index in [0.29, 0.717) is 12.5 Å². The predicted molar refractivity (Wildman–Crippen MR) is 105 cm³/mol. The van der Waals surface area contributed by atoms with Gasteiger partial charge in [0.1, 0.15) is 12.4 Å². The standard InChI is InChI=1S/C21H29NO.ClH/c1-15(2)10-11-20(22)19-12-16(3)21(17(4)13-19)23-14-18-8-6-5-7-9-18;/h5-9,12-13,15,20H,10-11,14,22H2,1-4H3;1H/t20-;/m0./s1. The van der Waals surface area contributed by atoms with Crippen molar-refractivity contribution in [2.24, 2.45) is 11.7 Å². The molecule has 132 valence electrons. The summed E-state index contributed by atoms with van der Waals surface area (Å²) >= 11 is 0. The number of hydrogen-bond acceptors (Lipinski definition) is 2. The topological polar surface area (TPSA) is 35.2 Å². The lowest BCUT2D eigenvalue weighted by molar-refractivity contribution is 0.302. The molecule has 0 aliphatic carbocycles. The van der Waals surface area contributed by atoms with Gasteiger partial charge >= 0.3 is 0 Å². The maximum Gasteiger partial charge on any atom is 0.125 e. The molecular formula is C21H30ClNO. The molecule has 0 aliphatic heterocycles. The van der Waals surface area contributed by atoms with Gasteiger partial charge < -0.3 is 10.5 Å². The van der Waals surface area contributed by atoms with Crippen molar-refractivity contribution in [2.75, 3.05) is 0 Å². The Kier molecular flexibility index (Phi) is 8.30. The van der Waals surface area contributed by atoms with Crippen LogP contribution in [0.15, 0.2) is 42.5 Å². The fourth-order valence-electron chi connectivity index (χ4n) is 2.83. The Labute approximate surface area is 152 Å². The zero-order valence-electron chi connectivity index (χ0n) is 15.2. The van der Waals surface area contributed by atoms with E-state index in [1.165, 1.54) is 11.1 Å². The largest absolute Gasteiger partial charge is 0.488 e. The third kappa shape index (κ3) is 5.85. The molecule has 0 unspecified atom stereocenters. The molecule has 0 spiro atoms. The number of nitrogens with two attached hydrogens (primary N) is 1. The molecule has 3 heteroatoms. The van der Waals surface area contributed by atoms with Gasteiger partial charge in [0.15, 0.2) is 0 Å². The average Bonchev–Trinajstić information content (AvgIpc) is 2.52. The minimum Gasteiger partial charge on any atom is -0.488 e. The van der Waals surface area contributed by atoms with Crippen LogP contribution >= 0.6 is 12.4 Å². The first-order chi connectivity index (χ1) is 11.0. The molecule has 0 radical (unpaired) electrons. The number of aryl methyl sites for hydroxylation is 2. The van der Waals surface area contributed by atoms with Gasteiger partial charge in [-0.05, 0) is 54.9 Å². The number of halogens is 1. The van der Waals surface area contributed by atoms with Crippen molar-refractivity contribution in [1.82, 2.24) is 0 Å². The summed E-state index contributed by atoms with van der Waals surface area (Å²) in [7, 11) is 0. The average molecular weight is 348 g/mol. The summed E-state index contributed by atoms with van der Waals surface area (Å²) < 4.78 is 6.05. The van der Waals surface area contributed by atoms with Gasteiger partial charge in [-0.2, -0.15) is 0 Å². The van der Waals surface area contributed by atoms with E-state index in [1.807, 2.05) is 18.2 Å². The highest BCUT2D eigenvalue weighted by molar-refractivity contribution is 5.85. The Morgan fingerprint density at radius 2 is 1.54 bits per heavy atom. The summed E-state index contributed by atoms with van der Waals surface area (Å²) in [6.45, 7) is 9.28. The molecule has 2 nitrogen and oxygen atoms in total. The number of hydrogen-bond donors (Lipinski definition) is 1. The zero-order chi connectivity index (χ0) is 16.8. The van der Waals surface area contributed by atoms with E-state index in [4.69, 9.17) is 10.5 Å². The SMILES string of the molecule is Cc1cc([C@@H](N)CCC(C)C)cc(C)c1OCc1ccccc1.Cl. The van der Waals surface area contributed by atoms with Crippen molar-refractivity contribution in [3.05, 3.63) is 64.7 Å². The van der Waals surface area contributed by atoms with Crippen LogP contribution in [0.5, 0.6) is 5.75 Å². The van der Waals surface area contributed by atoms with Gasteiger partial charge in [0.2, 0.25) is 0 Å². The maximum absolute atomic E-state index is 6.36. The van der Waals surface area contributed by atoms with Gasteiger partial charge in [0.25, 0.3) is 0 Å². The van der Waals surface area contributed by atoms with E-state index in [-0.39, 0.29) is 18.4 Å². The van der Waals surface area contributed by atoms with Crippen molar-refractivity contribution in [3.8, 4) is 5.75 Å². The molecule has 2 rings (SSSR count). The Morgan fingerprint density at radius 3 is 2.08 bits per heavy atom. The van der Waals surface area contributed by atoms with Gasteiger partial charge in [-0.3, -0.25) is 0 Å². The molecule has 0 amide bonds. The molecule has 2 aromatic rings. The van der Waals surface area contributed by atoms with Crippen molar-refractivity contribution in [3.63, 3.8) is 0 Å². The molecule has 0 saturated heterocycles. The fourth-order valence-corrected chi connectivity index (χ4v) is 2.83. The van der Waals surface area contributed by atoms with E-state index in [0.717, 1.165) is 29.7 Å². The van der Waals surface area contributed by atoms with E-state index in [2.05, 4.69) is 52.0 Å². The number of ether oxygens (including phenoxy) is 1. The van der Waals surface area contributed by atoms with Gasteiger partial charge in [-0.25, -0.2) is 0 Å². The lowest BCUT2D eigenvalue weighted by Crippen LogP contribution is -2.12. The lowest BCUT2D eigenvalue weighted by Gasteiger charge is -2.18. The molecule has 0 heterocycles. The van der Waals surface area contributed by atoms with Crippen molar-refractivity contribution < 1.29 is 4.74 Å². The molecule has 24 heavy (non-hydrogen) atoms. The highest BCUT2D eigenvalue weighted by Gasteiger charge is 2.12. The van der Waals surface area contributed by atoms with E-state index in [1.54, 1.807) is 0 Å². The first-order valence-corrected chi connectivity index (χ1v) is 8.50. The molecule has 0 aliphatic rings. The highest BCUT2D eigenvalue weighted by atomic mass is 35.5. The Hall–Kier alpha value is -1.51. The van der Waals surface area contributed by atoms with Crippen LogP contribution in [-0.4, -0.2) is 0 Å². The lowest BCUT2D eigenvalue weighted by atomic mass is 9.95. The van der Waals surface area contributed by atoms with Crippen molar-refractivity contribution in [1.29, 1.82) is 0 Å². The van der Waals surface area contributed by atoms with Gasteiger partial charge in [0, 0.05) is 6.04 Å². The van der Waals surface area contributed by atoms with Crippen LogP contribution in [0.4, 0.5) is 0 Å². The normalized spacial score (nSPS) is 11.9. The summed E-state index contributed by atoms with van der Waals surface area (Å²) in [5.74, 6) is 1.67. The van der Waals surface area contributed by atoms with Gasteiger partial charge in [-0.1, -0.05) is 56.3 Å². The van der Waals surface area contributed by atoms with Crippen LogP contribution < -0.4 is 10.5 Å². The van der Waals surface area contributed by atoms with Crippen LogP contribution in [0.2, 0.25) is 0 Å². The Balaban J connectivity index is 0.00000288. The summed E-state index contributed by atoms with van der Waals surface area (Å²) in [4.78, 5) is 0. The Morgan fingerprint density at radius 1 is 0.958 bits per heavy atom. The molecule has 0 aromatic heterocycles. The highest BCUT2D eigenvalue weighted by Crippen LogP contribution is 2.29. The number of benzene rings is 2. The molecular weight excluding hydrogens is 318 g/mol. The monoisotopic (exact) mass is 347 g/mol.